The van der Waals surface area contributed by atoms with Crippen LogP contribution in [0.3, 0.4) is 0 Å². The summed E-state index contributed by atoms with van der Waals surface area (Å²) >= 11 is 0. The van der Waals surface area contributed by atoms with Gasteiger partial charge in [-0.05, 0) is 23.3 Å². The zero-order valence-corrected chi connectivity index (χ0v) is 15.4. The fourth-order valence-electron chi connectivity index (χ4n) is 4.25. The van der Waals surface area contributed by atoms with Crippen molar-refractivity contribution in [3.8, 4) is 11.5 Å². The first-order chi connectivity index (χ1) is 13.8. The maximum atomic E-state index is 12.7. The van der Waals surface area contributed by atoms with Gasteiger partial charge in [0.1, 0.15) is 24.3 Å². The van der Waals surface area contributed by atoms with Gasteiger partial charge in [0, 0.05) is 7.05 Å². The Morgan fingerprint density at radius 2 is 1.76 bits per heavy atom. The van der Waals surface area contributed by atoms with Crippen molar-refractivity contribution in [1.29, 1.82) is 0 Å². The van der Waals surface area contributed by atoms with Crippen molar-refractivity contribution >= 4 is 11.5 Å². The van der Waals surface area contributed by atoms with Gasteiger partial charge in [-0.25, -0.2) is 28.3 Å². The highest BCUT2D eigenvalue weighted by Crippen LogP contribution is 2.47. The summed E-state index contributed by atoms with van der Waals surface area (Å²) in [7, 11) is 2.55. The van der Waals surface area contributed by atoms with Crippen LogP contribution in [0.15, 0.2) is 27.8 Å². The molecule has 2 bridgehead atoms. The number of fused-ring (bicyclic) bond motifs is 2. The highest BCUT2D eigenvalue weighted by atomic mass is 16.7. The topological polar surface area (TPSA) is 134 Å². The lowest BCUT2D eigenvalue weighted by Gasteiger charge is -2.44. The van der Waals surface area contributed by atoms with E-state index in [1.54, 1.807) is 12.1 Å². The highest BCUT2D eigenvalue weighted by Gasteiger charge is 2.49. The number of methoxy groups -OCH3 is 1. The number of aromatic nitrogens is 3. The Labute approximate surface area is 162 Å². The fourth-order valence-corrected chi connectivity index (χ4v) is 4.25. The van der Waals surface area contributed by atoms with E-state index in [1.165, 1.54) is 20.2 Å². The molecule has 0 saturated heterocycles. The van der Waals surface area contributed by atoms with Crippen molar-refractivity contribution in [2.75, 3.05) is 13.9 Å². The summed E-state index contributed by atoms with van der Waals surface area (Å²) in [4.78, 5) is 37.5. The molecule has 1 aliphatic carbocycles. The molecule has 2 N–H and O–H groups in total. The summed E-state index contributed by atoms with van der Waals surface area (Å²) in [5.74, 6) is 0.112. The molecule has 11 heteroatoms. The highest BCUT2D eigenvalue weighted by molar-refractivity contribution is 5.97. The molecule has 11 nitrogen and oxygen atoms in total. The molecule has 0 unspecified atom stereocenters. The van der Waals surface area contributed by atoms with E-state index in [0.29, 0.717) is 22.6 Å². The van der Waals surface area contributed by atoms with E-state index in [1.807, 2.05) is 0 Å². The van der Waals surface area contributed by atoms with Crippen LogP contribution in [0.5, 0.6) is 11.5 Å². The lowest BCUT2D eigenvalue weighted by Crippen LogP contribution is -2.55. The normalized spacial score (nSPS) is 26.3. The molecule has 4 aliphatic rings. The maximum absolute atomic E-state index is 12.7. The van der Waals surface area contributed by atoms with E-state index in [2.05, 4.69) is 0 Å². The van der Waals surface area contributed by atoms with Crippen molar-refractivity contribution in [2.45, 2.75) is 24.3 Å². The second-order valence-corrected chi connectivity index (χ2v) is 7.09. The Morgan fingerprint density at radius 3 is 2.45 bits per heavy atom. The van der Waals surface area contributed by atoms with E-state index in [0.717, 1.165) is 13.9 Å². The van der Waals surface area contributed by atoms with Gasteiger partial charge in [0.15, 0.2) is 11.5 Å². The molecule has 2 aromatic rings. The first-order valence-electron chi connectivity index (χ1n) is 8.85. The van der Waals surface area contributed by atoms with Crippen LogP contribution in [-0.2, 0) is 11.8 Å². The molecule has 29 heavy (non-hydrogen) atoms. The van der Waals surface area contributed by atoms with Gasteiger partial charge in [-0.1, -0.05) is 6.08 Å². The standard InChI is InChI=1S/C18H17N3O8/c1-19-17(25)20-10-3-8(13(15(23)14(10)22)21(20)18(19)26)7-4-11-12(29-6-28-11)5-9(7)16(24)27-2/h3-5,10,13-15,22-23H,6H2,1-2H3/t10-,13-,14+,15-/m1/s1. The molecule has 6 rings (SSSR count). The van der Waals surface area contributed by atoms with Crippen LogP contribution in [0, 0.1) is 0 Å². The number of carbonyl (C=O) groups is 1. The molecule has 4 heterocycles. The molecule has 0 amide bonds. The summed E-state index contributed by atoms with van der Waals surface area (Å²) in [6.07, 6.45) is -1.08. The number of esters is 1. The molecule has 1 aromatic heterocycles. The molecule has 152 valence electrons. The summed E-state index contributed by atoms with van der Waals surface area (Å²) in [5.41, 5.74) is -0.335. The average molecular weight is 403 g/mol. The van der Waals surface area contributed by atoms with Gasteiger partial charge >= 0.3 is 17.3 Å². The minimum absolute atomic E-state index is 0.0104. The van der Waals surface area contributed by atoms with Gasteiger partial charge in [-0.15, -0.1) is 0 Å². The van der Waals surface area contributed by atoms with Crippen molar-refractivity contribution < 1.29 is 29.2 Å². The maximum Gasteiger partial charge on any atom is 0.347 e. The van der Waals surface area contributed by atoms with Crippen LogP contribution in [0.2, 0.25) is 0 Å². The van der Waals surface area contributed by atoms with Crippen LogP contribution in [-0.4, -0.2) is 56.2 Å². The van der Waals surface area contributed by atoms with E-state index < -0.39 is 41.6 Å². The first-order valence-corrected chi connectivity index (χ1v) is 8.85. The van der Waals surface area contributed by atoms with Gasteiger partial charge in [-0.3, -0.25) is 0 Å². The Balaban J connectivity index is 1.78. The third kappa shape index (κ3) is 2.16. The number of aliphatic hydroxyl groups is 2. The second-order valence-electron chi connectivity index (χ2n) is 7.09. The monoisotopic (exact) mass is 403 g/mol. The summed E-state index contributed by atoms with van der Waals surface area (Å²) in [6, 6.07) is 0.968. The van der Waals surface area contributed by atoms with Crippen molar-refractivity contribution in [1.82, 2.24) is 13.9 Å². The predicted molar refractivity (Wildman–Crippen MR) is 95.9 cm³/mol. The summed E-state index contributed by atoms with van der Waals surface area (Å²) < 4.78 is 18.7. The zero-order chi connectivity index (χ0) is 20.6. The Hall–Kier alpha value is -3.31. The third-order valence-corrected chi connectivity index (χ3v) is 5.67. The molecule has 3 aliphatic heterocycles. The number of rotatable bonds is 2. The third-order valence-electron chi connectivity index (χ3n) is 5.67. The number of nitrogens with zero attached hydrogens (tertiary/aromatic N) is 3. The molecule has 0 fully saturated rings. The second kappa shape index (κ2) is 5.84. The van der Waals surface area contributed by atoms with Crippen LogP contribution in [0.1, 0.15) is 28.0 Å². The minimum atomic E-state index is -1.37. The number of benzene rings is 1. The molecular formula is C18H17N3O8. The zero-order valence-electron chi connectivity index (χ0n) is 15.4. The molecule has 0 saturated carbocycles. The van der Waals surface area contributed by atoms with Crippen molar-refractivity contribution in [3.63, 3.8) is 0 Å². The van der Waals surface area contributed by atoms with E-state index in [-0.39, 0.29) is 12.4 Å². The fraction of sp³-hybridized carbons (Fsp3) is 0.389. The first kappa shape index (κ1) is 17.8. The van der Waals surface area contributed by atoms with Gasteiger partial charge in [0.05, 0.1) is 12.7 Å². The van der Waals surface area contributed by atoms with Crippen molar-refractivity contribution in [2.24, 2.45) is 7.05 Å². The van der Waals surface area contributed by atoms with Crippen LogP contribution in [0.4, 0.5) is 0 Å². The lowest BCUT2D eigenvalue weighted by molar-refractivity contribution is -0.0610. The summed E-state index contributed by atoms with van der Waals surface area (Å²) in [6.45, 7) is -0.0104. The van der Waals surface area contributed by atoms with Gasteiger partial charge in [-0.2, -0.15) is 0 Å². The average Bonchev–Trinajstić information content (AvgIpc) is 3.28. The molecular weight excluding hydrogens is 386 g/mol. The van der Waals surface area contributed by atoms with Gasteiger partial charge in [0.2, 0.25) is 6.79 Å². The van der Waals surface area contributed by atoms with Crippen LogP contribution >= 0.6 is 0 Å². The Morgan fingerprint density at radius 1 is 1.10 bits per heavy atom. The van der Waals surface area contributed by atoms with E-state index in [9.17, 15) is 24.6 Å². The number of hydrogen-bond donors (Lipinski definition) is 2. The quantitative estimate of drug-likeness (QED) is 0.596. The van der Waals surface area contributed by atoms with Crippen LogP contribution < -0.4 is 20.9 Å². The lowest BCUT2D eigenvalue weighted by atomic mass is 9.79. The Bertz CT molecular complexity index is 1200. The van der Waals surface area contributed by atoms with E-state index in [4.69, 9.17) is 14.2 Å². The number of carbonyl (C=O) groups excluding carboxylic acids is 1. The number of ether oxygens (including phenoxy) is 3. The van der Waals surface area contributed by atoms with Crippen LogP contribution in [0.25, 0.3) is 5.57 Å². The Kier molecular flexibility index (Phi) is 3.58. The number of aliphatic hydroxyl groups excluding tert-OH is 2. The summed E-state index contributed by atoms with van der Waals surface area (Å²) in [5, 5.41) is 21.2. The molecule has 0 spiro atoms. The number of hydrogen-bond acceptors (Lipinski definition) is 8. The molecule has 1 aromatic carbocycles. The largest absolute Gasteiger partial charge is 0.465 e. The molecule has 0 radical (unpaired) electrons. The van der Waals surface area contributed by atoms with Gasteiger partial charge in [0.25, 0.3) is 0 Å². The van der Waals surface area contributed by atoms with E-state index >= 15 is 0 Å². The van der Waals surface area contributed by atoms with Crippen molar-refractivity contribution in [3.05, 3.63) is 50.3 Å². The minimum Gasteiger partial charge on any atom is -0.465 e. The SMILES string of the molecule is COC(=O)c1cc2c(cc1C1=C[C@@H]3[C@H](O)[C@H](O)[C@@H]1n1c(=O)n(C)c(=O)n13)OCO2. The molecule has 4 atom stereocenters. The predicted octanol–water partition coefficient (Wildman–Crippen LogP) is -1.22. The smallest absolute Gasteiger partial charge is 0.347 e. The van der Waals surface area contributed by atoms with Gasteiger partial charge < -0.3 is 24.4 Å².